The van der Waals surface area contributed by atoms with Crippen molar-refractivity contribution in [2.75, 3.05) is 13.7 Å². The highest BCUT2D eigenvalue weighted by molar-refractivity contribution is 6.32. The minimum absolute atomic E-state index is 0.145. The van der Waals surface area contributed by atoms with Gasteiger partial charge in [-0.15, -0.1) is 0 Å². The van der Waals surface area contributed by atoms with Crippen molar-refractivity contribution in [1.29, 1.82) is 0 Å². The monoisotopic (exact) mass is 283 g/mol. The van der Waals surface area contributed by atoms with Crippen LogP contribution in [0.3, 0.4) is 0 Å². The molecule has 0 heterocycles. The molecule has 0 radical (unpaired) electrons. The van der Waals surface area contributed by atoms with Crippen LogP contribution in [-0.4, -0.2) is 30.6 Å². The van der Waals surface area contributed by atoms with Gasteiger partial charge in [-0.25, -0.2) is 0 Å². The Morgan fingerprint density at radius 3 is 2.68 bits per heavy atom. The van der Waals surface area contributed by atoms with Crippen LogP contribution in [0.2, 0.25) is 5.02 Å². The molecule has 0 aliphatic heterocycles. The third-order valence-electron chi connectivity index (χ3n) is 3.31. The van der Waals surface area contributed by atoms with Gasteiger partial charge in [0.15, 0.2) is 0 Å². The first kappa shape index (κ1) is 13.7. The van der Waals surface area contributed by atoms with Crippen molar-refractivity contribution in [2.45, 2.75) is 12.8 Å². The molecule has 0 bridgehead atoms. The van der Waals surface area contributed by atoms with Crippen LogP contribution < -0.4 is 10.1 Å². The van der Waals surface area contributed by atoms with E-state index in [9.17, 15) is 9.59 Å². The molecule has 1 saturated carbocycles. The van der Waals surface area contributed by atoms with Gasteiger partial charge in [0.05, 0.1) is 17.5 Å². The topological polar surface area (TPSA) is 75.6 Å². The van der Waals surface area contributed by atoms with E-state index in [4.69, 9.17) is 21.4 Å². The van der Waals surface area contributed by atoms with Gasteiger partial charge < -0.3 is 15.2 Å². The Bertz CT molecular complexity index is 525. The molecule has 1 amide bonds. The Balaban J connectivity index is 2.02. The van der Waals surface area contributed by atoms with E-state index in [-0.39, 0.29) is 12.5 Å². The molecule has 1 aromatic rings. The molecular weight excluding hydrogens is 270 g/mol. The number of methoxy groups -OCH3 is 1. The van der Waals surface area contributed by atoms with Crippen molar-refractivity contribution in [3.05, 3.63) is 28.8 Å². The third kappa shape index (κ3) is 2.81. The summed E-state index contributed by atoms with van der Waals surface area (Å²) in [5.74, 6) is -0.780. The van der Waals surface area contributed by atoms with E-state index in [1.807, 2.05) is 0 Å². The molecule has 0 aromatic heterocycles. The molecule has 1 aliphatic rings. The van der Waals surface area contributed by atoms with E-state index < -0.39 is 11.4 Å². The van der Waals surface area contributed by atoms with E-state index in [2.05, 4.69) is 5.32 Å². The van der Waals surface area contributed by atoms with Gasteiger partial charge in [-0.05, 0) is 31.0 Å². The number of amides is 1. The predicted octanol–water partition coefficient (Wildman–Crippen LogP) is 1.94. The van der Waals surface area contributed by atoms with Crippen molar-refractivity contribution >= 4 is 23.5 Å². The van der Waals surface area contributed by atoms with Gasteiger partial charge in [-0.2, -0.15) is 0 Å². The maximum atomic E-state index is 11.9. The normalized spacial score (nSPS) is 15.7. The molecule has 1 fully saturated rings. The summed E-state index contributed by atoms with van der Waals surface area (Å²) in [6.07, 6.45) is 1.21. The Labute approximate surface area is 115 Å². The zero-order valence-corrected chi connectivity index (χ0v) is 11.2. The SMILES string of the molecule is COc1cc(C(=O)NCC2(C(=O)O)CC2)ccc1Cl. The molecule has 2 N–H and O–H groups in total. The minimum Gasteiger partial charge on any atom is -0.495 e. The van der Waals surface area contributed by atoms with Crippen LogP contribution in [0.25, 0.3) is 0 Å². The summed E-state index contributed by atoms with van der Waals surface area (Å²) >= 11 is 5.87. The molecule has 2 rings (SSSR count). The highest BCUT2D eigenvalue weighted by Gasteiger charge is 2.50. The van der Waals surface area contributed by atoms with Crippen LogP contribution >= 0.6 is 11.6 Å². The van der Waals surface area contributed by atoms with Crippen LogP contribution in [0, 0.1) is 5.41 Å². The van der Waals surface area contributed by atoms with Crippen molar-refractivity contribution in [2.24, 2.45) is 5.41 Å². The van der Waals surface area contributed by atoms with Crippen LogP contribution in [0.15, 0.2) is 18.2 Å². The lowest BCUT2D eigenvalue weighted by atomic mass is 10.1. The summed E-state index contributed by atoms with van der Waals surface area (Å²) in [4.78, 5) is 22.9. The summed E-state index contributed by atoms with van der Waals surface area (Å²) in [7, 11) is 1.46. The Kier molecular flexibility index (Phi) is 3.66. The fourth-order valence-electron chi connectivity index (χ4n) is 1.77. The number of hydrogen-bond acceptors (Lipinski definition) is 3. The standard InChI is InChI=1S/C13H14ClNO4/c1-19-10-6-8(2-3-9(10)14)11(16)15-7-13(4-5-13)12(17)18/h2-3,6H,4-5,7H2,1H3,(H,15,16)(H,17,18). The molecule has 1 aliphatic carbocycles. The van der Waals surface area contributed by atoms with E-state index in [1.54, 1.807) is 12.1 Å². The van der Waals surface area contributed by atoms with E-state index in [1.165, 1.54) is 13.2 Å². The number of rotatable bonds is 5. The van der Waals surface area contributed by atoms with Gasteiger partial charge in [0, 0.05) is 12.1 Å². The van der Waals surface area contributed by atoms with Crippen LogP contribution in [0.1, 0.15) is 23.2 Å². The van der Waals surface area contributed by atoms with Crippen LogP contribution in [0.4, 0.5) is 0 Å². The Morgan fingerprint density at radius 2 is 2.16 bits per heavy atom. The molecule has 0 atom stereocenters. The average molecular weight is 284 g/mol. The van der Waals surface area contributed by atoms with Crippen molar-refractivity contribution < 1.29 is 19.4 Å². The van der Waals surface area contributed by atoms with Gasteiger partial charge in [-0.3, -0.25) is 9.59 Å². The van der Waals surface area contributed by atoms with Crippen molar-refractivity contribution in [1.82, 2.24) is 5.32 Å². The van der Waals surface area contributed by atoms with Gasteiger partial charge in [0.1, 0.15) is 5.75 Å². The minimum atomic E-state index is -0.860. The van der Waals surface area contributed by atoms with Gasteiger partial charge in [0.25, 0.3) is 5.91 Å². The quantitative estimate of drug-likeness (QED) is 0.866. The highest BCUT2D eigenvalue weighted by atomic mass is 35.5. The Hall–Kier alpha value is -1.75. The molecule has 0 unspecified atom stereocenters. The molecule has 0 spiro atoms. The number of aliphatic carboxylic acids is 1. The number of carboxylic acids is 1. The lowest BCUT2D eigenvalue weighted by Crippen LogP contribution is -2.34. The molecule has 6 heteroatoms. The number of carboxylic acid groups (broad SMARTS) is 1. The Morgan fingerprint density at radius 1 is 1.47 bits per heavy atom. The first-order valence-electron chi connectivity index (χ1n) is 5.84. The summed E-state index contributed by atoms with van der Waals surface area (Å²) in [6, 6.07) is 4.66. The average Bonchev–Trinajstić information content (AvgIpc) is 3.17. The predicted molar refractivity (Wildman–Crippen MR) is 69.6 cm³/mol. The number of nitrogens with one attached hydrogen (secondary N) is 1. The zero-order chi connectivity index (χ0) is 14.0. The number of halogens is 1. The van der Waals surface area contributed by atoms with E-state index in [0.29, 0.717) is 29.2 Å². The lowest BCUT2D eigenvalue weighted by Gasteiger charge is -2.12. The van der Waals surface area contributed by atoms with Crippen molar-refractivity contribution in [3.63, 3.8) is 0 Å². The second-order valence-electron chi connectivity index (χ2n) is 4.62. The molecule has 5 nitrogen and oxygen atoms in total. The van der Waals surface area contributed by atoms with E-state index in [0.717, 1.165) is 0 Å². The first-order valence-corrected chi connectivity index (χ1v) is 6.21. The number of carbonyl (C=O) groups excluding carboxylic acids is 1. The van der Waals surface area contributed by atoms with Gasteiger partial charge >= 0.3 is 5.97 Å². The number of ether oxygens (including phenoxy) is 1. The molecule has 1 aromatic carbocycles. The maximum Gasteiger partial charge on any atom is 0.311 e. The number of carbonyl (C=O) groups is 2. The lowest BCUT2D eigenvalue weighted by molar-refractivity contribution is -0.143. The zero-order valence-electron chi connectivity index (χ0n) is 10.4. The van der Waals surface area contributed by atoms with Crippen LogP contribution in [0.5, 0.6) is 5.75 Å². The number of hydrogen-bond donors (Lipinski definition) is 2. The molecular formula is C13H14ClNO4. The fraction of sp³-hybridized carbons (Fsp3) is 0.385. The highest BCUT2D eigenvalue weighted by Crippen LogP contribution is 2.45. The van der Waals surface area contributed by atoms with Gasteiger partial charge in [-0.1, -0.05) is 11.6 Å². The second kappa shape index (κ2) is 5.09. The summed E-state index contributed by atoms with van der Waals surface area (Å²) in [5.41, 5.74) is -0.381. The van der Waals surface area contributed by atoms with Crippen molar-refractivity contribution in [3.8, 4) is 5.75 Å². The second-order valence-corrected chi connectivity index (χ2v) is 5.02. The third-order valence-corrected chi connectivity index (χ3v) is 3.62. The largest absolute Gasteiger partial charge is 0.495 e. The fourth-order valence-corrected chi connectivity index (χ4v) is 1.96. The van der Waals surface area contributed by atoms with Crippen LogP contribution in [-0.2, 0) is 4.79 Å². The molecule has 19 heavy (non-hydrogen) atoms. The summed E-state index contributed by atoms with van der Waals surface area (Å²) < 4.78 is 5.03. The number of benzene rings is 1. The smallest absolute Gasteiger partial charge is 0.311 e. The summed E-state index contributed by atoms with van der Waals surface area (Å²) in [5, 5.41) is 12.1. The molecule has 102 valence electrons. The van der Waals surface area contributed by atoms with Gasteiger partial charge in [0.2, 0.25) is 0 Å². The molecule has 0 saturated heterocycles. The maximum absolute atomic E-state index is 11.9. The first-order chi connectivity index (χ1) is 8.98. The summed E-state index contributed by atoms with van der Waals surface area (Å²) in [6.45, 7) is 0.145. The van der Waals surface area contributed by atoms with E-state index >= 15 is 0 Å².